The molecule has 0 radical (unpaired) electrons. The number of aromatic nitrogens is 2. The Morgan fingerprint density at radius 3 is 2.24 bits per heavy atom. The van der Waals surface area contributed by atoms with Gasteiger partial charge in [0, 0.05) is 30.9 Å². The molecule has 2 aromatic heterocycles. The first-order chi connectivity index (χ1) is 13.6. The van der Waals surface area contributed by atoms with E-state index in [1.54, 1.807) is 63.5 Å². The largest absolute Gasteiger partial charge is 0.457 e. The molecule has 6 nitrogen and oxygen atoms in total. The lowest BCUT2D eigenvalue weighted by Crippen LogP contribution is -2.22. The van der Waals surface area contributed by atoms with Crippen molar-refractivity contribution >= 4 is 22.1 Å². The van der Waals surface area contributed by atoms with Gasteiger partial charge < -0.3 is 4.74 Å². The Morgan fingerprint density at radius 1 is 1.00 bits per heavy atom. The minimum absolute atomic E-state index is 0.175. The van der Waals surface area contributed by atoms with Crippen LogP contribution in [0.2, 0.25) is 0 Å². The molecule has 0 fully saturated rings. The molecule has 0 unspecified atom stereocenters. The first-order valence-corrected chi connectivity index (χ1v) is 10.4. The molecule has 0 saturated heterocycles. The number of benzene rings is 1. The van der Waals surface area contributed by atoms with Gasteiger partial charge in [-0.2, -0.15) is 0 Å². The fraction of sp³-hybridized carbons (Fsp3) is 0.182. The summed E-state index contributed by atoms with van der Waals surface area (Å²) in [5, 5.41) is 0. The van der Waals surface area contributed by atoms with Crippen LogP contribution in [-0.4, -0.2) is 28.9 Å². The third-order valence-corrected chi connectivity index (χ3v) is 5.60. The molecular weight excluding hydrogens is 388 g/mol. The molecule has 2 heterocycles. The minimum atomic E-state index is -3.73. The SMILES string of the molecule is CC(C)(C)OC(=O)/C=C/c1ccn(S(=O)(=O)c2ccc(-c3ccncc3)cc2)c1. The number of hydrogen-bond acceptors (Lipinski definition) is 5. The number of carbonyl (C=O) groups is 1. The Morgan fingerprint density at radius 2 is 1.62 bits per heavy atom. The van der Waals surface area contributed by atoms with E-state index in [2.05, 4.69) is 4.98 Å². The summed E-state index contributed by atoms with van der Waals surface area (Å²) < 4.78 is 32.0. The number of esters is 1. The molecule has 29 heavy (non-hydrogen) atoms. The maximum absolute atomic E-state index is 12.9. The predicted molar refractivity (Wildman–Crippen MR) is 112 cm³/mol. The van der Waals surface area contributed by atoms with Crippen molar-refractivity contribution in [2.45, 2.75) is 31.3 Å². The zero-order valence-electron chi connectivity index (χ0n) is 16.4. The Bertz CT molecular complexity index is 1120. The van der Waals surface area contributed by atoms with Crippen molar-refractivity contribution in [3.63, 3.8) is 0 Å². The smallest absolute Gasteiger partial charge is 0.331 e. The Hall–Kier alpha value is -3.19. The molecule has 7 heteroatoms. The molecule has 0 aliphatic rings. The molecular formula is C22H22N2O4S. The van der Waals surface area contributed by atoms with Crippen molar-refractivity contribution in [1.82, 2.24) is 8.96 Å². The van der Waals surface area contributed by atoms with Crippen LogP contribution in [0.4, 0.5) is 0 Å². The van der Waals surface area contributed by atoms with E-state index in [4.69, 9.17) is 4.74 Å². The number of pyridine rings is 1. The monoisotopic (exact) mass is 410 g/mol. The van der Waals surface area contributed by atoms with Crippen molar-refractivity contribution < 1.29 is 17.9 Å². The van der Waals surface area contributed by atoms with Crippen LogP contribution in [0.5, 0.6) is 0 Å². The van der Waals surface area contributed by atoms with Crippen LogP contribution in [0.3, 0.4) is 0 Å². The lowest BCUT2D eigenvalue weighted by molar-refractivity contribution is -0.148. The Kier molecular flexibility index (Phi) is 5.70. The van der Waals surface area contributed by atoms with Crippen LogP contribution in [-0.2, 0) is 19.6 Å². The van der Waals surface area contributed by atoms with Gasteiger partial charge in [-0.05, 0) is 73.9 Å². The standard InChI is InChI=1S/C22H22N2O4S/c1-22(2,3)28-21(25)9-4-17-12-15-24(16-17)29(26,27)20-7-5-18(6-8-20)19-10-13-23-14-11-19/h4-16H,1-3H3/b9-4+. The summed E-state index contributed by atoms with van der Waals surface area (Å²) in [5.74, 6) is -0.486. The summed E-state index contributed by atoms with van der Waals surface area (Å²) in [6, 6.07) is 12.0. The quantitative estimate of drug-likeness (QED) is 0.467. The molecule has 0 aliphatic heterocycles. The molecule has 1 aromatic carbocycles. The van der Waals surface area contributed by atoms with E-state index >= 15 is 0 Å². The van der Waals surface area contributed by atoms with Gasteiger partial charge in [-0.1, -0.05) is 12.1 Å². The average Bonchev–Trinajstić information content (AvgIpc) is 3.16. The molecule has 0 amide bonds. The van der Waals surface area contributed by atoms with Gasteiger partial charge in [0.15, 0.2) is 0 Å². The molecule has 3 aromatic rings. The number of carbonyl (C=O) groups excluding carboxylic acids is 1. The second kappa shape index (κ2) is 8.05. The summed E-state index contributed by atoms with van der Waals surface area (Å²) in [5.41, 5.74) is 1.85. The molecule has 3 rings (SSSR count). The number of ether oxygens (including phenoxy) is 1. The highest BCUT2D eigenvalue weighted by molar-refractivity contribution is 7.90. The van der Waals surface area contributed by atoms with Gasteiger partial charge in [-0.25, -0.2) is 17.2 Å². The molecule has 150 valence electrons. The van der Waals surface area contributed by atoms with E-state index in [9.17, 15) is 13.2 Å². The fourth-order valence-electron chi connectivity index (χ4n) is 2.63. The van der Waals surface area contributed by atoms with E-state index in [0.29, 0.717) is 5.56 Å². The van der Waals surface area contributed by atoms with Crippen LogP contribution in [0.25, 0.3) is 17.2 Å². The topological polar surface area (TPSA) is 78.3 Å². The Balaban J connectivity index is 1.78. The van der Waals surface area contributed by atoms with Gasteiger partial charge in [-0.15, -0.1) is 0 Å². The first-order valence-electron chi connectivity index (χ1n) is 9.00. The summed E-state index contributed by atoms with van der Waals surface area (Å²) in [6.07, 6.45) is 9.07. The lowest BCUT2D eigenvalue weighted by atomic mass is 10.1. The highest BCUT2D eigenvalue weighted by atomic mass is 32.2. The average molecular weight is 410 g/mol. The third-order valence-electron chi connectivity index (χ3n) is 3.95. The molecule has 0 aliphatic carbocycles. The minimum Gasteiger partial charge on any atom is -0.457 e. The zero-order chi connectivity index (χ0) is 21.1. The third kappa shape index (κ3) is 5.20. The van der Waals surface area contributed by atoms with Crippen molar-refractivity contribution in [2.24, 2.45) is 0 Å². The molecule has 0 spiro atoms. The first kappa shape index (κ1) is 20.5. The van der Waals surface area contributed by atoms with Crippen LogP contribution >= 0.6 is 0 Å². The van der Waals surface area contributed by atoms with Gasteiger partial charge in [-0.3, -0.25) is 4.98 Å². The van der Waals surface area contributed by atoms with Crippen molar-refractivity contribution in [2.75, 3.05) is 0 Å². The molecule has 0 atom stereocenters. The van der Waals surface area contributed by atoms with Gasteiger partial charge in [0.25, 0.3) is 10.0 Å². The number of nitrogens with zero attached hydrogens (tertiary/aromatic N) is 2. The van der Waals surface area contributed by atoms with Gasteiger partial charge in [0.05, 0.1) is 4.90 Å². The summed E-state index contributed by atoms with van der Waals surface area (Å²) in [7, 11) is -3.73. The highest BCUT2D eigenvalue weighted by Crippen LogP contribution is 2.22. The van der Waals surface area contributed by atoms with Crippen LogP contribution in [0, 0.1) is 0 Å². The van der Waals surface area contributed by atoms with Crippen molar-refractivity contribution in [3.05, 3.63) is 78.9 Å². The molecule has 0 bridgehead atoms. The maximum atomic E-state index is 12.9. The van der Waals surface area contributed by atoms with Crippen LogP contribution in [0.15, 0.2) is 78.2 Å². The zero-order valence-corrected chi connectivity index (χ0v) is 17.3. The fourth-order valence-corrected chi connectivity index (χ4v) is 3.83. The highest BCUT2D eigenvalue weighted by Gasteiger charge is 2.17. The predicted octanol–water partition coefficient (Wildman–Crippen LogP) is 4.14. The van der Waals surface area contributed by atoms with E-state index in [0.717, 1.165) is 15.1 Å². The second-order valence-electron chi connectivity index (χ2n) is 7.41. The number of hydrogen-bond donors (Lipinski definition) is 0. The van der Waals surface area contributed by atoms with Crippen molar-refractivity contribution in [1.29, 1.82) is 0 Å². The number of rotatable bonds is 5. The van der Waals surface area contributed by atoms with E-state index in [-0.39, 0.29) is 4.90 Å². The Labute approximate surface area is 170 Å². The van der Waals surface area contributed by atoms with Gasteiger partial charge in [0.1, 0.15) is 5.60 Å². The second-order valence-corrected chi connectivity index (χ2v) is 9.25. The van der Waals surface area contributed by atoms with E-state index in [1.807, 2.05) is 12.1 Å². The molecule has 0 saturated carbocycles. The van der Waals surface area contributed by atoms with Crippen molar-refractivity contribution in [3.8, 4) is 11.1 Å². The van der Waals surface area contributed by atoms with E-state index in [1.165, 1.54) is 24.5 Å². The maximum Gasteiger partial charge on any atom is 0.331 e. The van der Waals surface area contributed by atoms with Gasteiger partial charge in [0.2, 0.25) is 0 Å². The summed E-state index contributed by atoms with van der Waals surface area (Å²) in [6.45, 7) is 5.34. The van der Waals surface area contributed by atoms with Gasteiger partial charge >= 0.3 is 5.97 Å². The van der Waals surface area contributed by atoms with Crippen LogP contribution < -0.4 is 0 Å². The van der Waals surface area contributed by atoms with E-state index < -0.39 is 21.6 Å². The van der Waals surface area contributed by atoms with Crippen LogP contribution in [0.1, 0.15) is 26.3 Å². The lowest BCUT2D eigenvalue weighted by Gasteiger charge is -2.17. The summed E-state index contributed by atoms with van der Waals surface area (Å²) in [4.78, 5) is 15.9. The normalized spacial score (nSPS) is 12.2. The summed E-state index contributed by atoms with van der Waals surface area (Å²) >= 11 is 0. The molecule has 0 N–H and O–H groups in total.